The molecule has 2 aromatic heterocycles. The molecule has 1 saturated carbocycles. The van der Waals surface area contributed by atoms with Gasteiger partial charge in [0, 0.05) is 41.5 Å². The number of aromatic nitrogens is 2. The number of hydrogen-bond donors (Lipinski definition) is 4. The molecule has 0 saturated heterocycles. The summed E-state index contributed by atoms with van der Waals surface area (Å²) in [6, 6.07) is 5.55. The van der Waals surface area contributed by atoms with E-state index in [4.69, 9.17) is 9.84 Å². The molecule has 2 aliphatic rings. The van der Waals surface area contributed by atoms with Gasteiger partial charge in [0.25, 0.3) is 0 Å². The van der Waals surface area contributed by atoms with Gasteiger partial charge < -0.3 is 29.9 Å². The Hall–Kier alpha value is -3.27. The lowest BCUT2D eigenvalue weighted by molar-refractivity contribution is 0.0695. The number of ether oxygens (including phenoxy) is 1. The zero-order chi connectivity index (χ0) is 22.4. The van der Waals surface area contributed by atoms with Gasteiger partial charge in [0.1, 0.15) is 11.4 Å². The van der Waals surface area contributed by atoms with Gasteiger partial charge in [-0.1, -0.05) is 6.07 Å². The van der Waals surface area contributed by atoms with E-state index in [2.05, 4.69) is 10.3 Å². The fourth-order valence-electron chi connectivity index (χ4n) is 4.22. The van der Waals surface area contributed by atoms with Gasteiger partial charge in [-0.2, -0.15) is 0 Å². The normalized spacial score (nSPS) is 16.2. The Bertz CT molecular complexity index is 1280. The third-order valence-corrected chi connectivity index (χ3v) is 5.98. The third kappa shape index (κ3) is 3.54. The van der Waals surface area contributed by atoms with E-state index >= 15 is 0 Å². The van der Waals surface area contributed by atoms with E-state index in [-0.39, 0.29) is 31.4 Å². The van der Waals surface area contributed by atoms with Crippen molar-refractivity contribution in [3.8, 4) is 11.1 Å². The number of aromatic carboxylic acids is 1. The van der Waals surface area contributed by atoms with E-state index < -0.39 is 17.5 Å². The van der Waals surface area contributed by atoms with Crippen LogP contribution in [0, 0.1) is 0 Å². The number of nitrogens with one attached hydrogen (secondary N) is 1. The quantitative estimate of drug-likeness (QED) is 0.459. The first-order chi connectivity index (χ1) is 15.5. The Morgan fingerprint density at radius 2 is 2.09 bits per heavy atom. The van der Waals surface area contributed by atoms with Gasteiger partial charge in [0.15, 0.2) is 0 Å². The van der Waals surface area contributed by atoms with Crippen LogP contribution in [-0.4, -0.2) is 50.1 Å². The van der Waals surface area contributed by atoms with Crippen molar-refractivity contribution in [2.75, 3.05) is 18.5 Å². The van der Waals surface area contributed by atoms with Crippen LogP contribution in [0.15, 0.2) is 35.4 Å². The molecule has 1 fully saturated rings. The number of fused-ring (bicyclic) bond motifs is 5. The Morgan fingerprint density at radius 3 is 2.81 bits per heavy atom. The topological polar surface area (TPSA) is 134 Å². The molecule has 3 aromatic rings. The number of carboxylic acids is 1. The minimum atomic E-state index is -1.22. The standard InChI is InChI=1S/C23H23N3O6/c27-9-14(28)6-24-20-5-12-10-32-11-19-15(17(12)7-25-20)3-4-16-21(19)26(13-1-2-13)8-18(22(16)29)23(30)31/h3-5,7-8,13-14,27-28H,1-2,6,9-11H2,(H,24,25)(H,30,31)/t14-/m0/s1. The van der Waals surface area contributed by atoms with Crippen molar-refractivity contribution in [1.29, 1.82) is 0 Å². The molecule has 3 heterocycles. The summed E-state index contributed by atoms with van der Waals surface area (Å²) in [7, 11) is 0. The highest BCUT2D eigenvalue weighted by molar-refractivity contribution is 5.96. The molecule has 1 atom stereocenters. The number of pyridine rings is 2. The van der Waals surface area contributed by atoms with Gasteiger partial charge in [-0.05, 0) is 36.1 Å². The number of aliphatic hydroxyl groups excluding tert-OH is 2. The molecule has 0 bridgehead atoms. The molecule has 9 nitrogen and oxygen atoms in total. The molecule has 1 aliphatic carbocycles. The minimum Gasteiger partial charge on any atom is -0.477 e. The Labute approximate surface area is 182 Å². The molecule has 1 aliphatic heterocycles. The van der Waals surface area contributed by atoms with Crippen molar-refractivity contribution >= 4 is 22.7 Å². The van der Waals surface area contributed by atoms with Crippen LogP contribution in [0.25, 0.3) is 22.0 Å². The van der Waals surface area contributed by atoms with Gasteiger partial charge >= 0.3 is 5.97 Å². The second-order valence-electron chi connectivity index (χ2n) is 8.24. The maximum Gasteiger partial charge on any atom is 0.341 e. The summed E-state index contributed by atoms with van der Waals surface area (Å²) >= 11 is 0. The smallest absolute Gasteiger partial charge is 0.341 e. The van der Waals surface area contributed by atoms with Crippen LogP contribution in [0.5, 0.6) is 0 Å². The number of carbonyl (C=O) groups is 1. The number of anilines is 1. The minimum absolute atomic E-state index is 0.171. The van der Waals surface area contributed by atoms with Gasteiger partial charge in [0.2, 0.25) is 5.43 Å². The van der Waals surface area contributed by atoms with E-state index in [1.165, 1.54) is 6.20 Å². The van der Waals surface area contributed by atoms with Crippen LogP contribution in [0.1, 0.15) is 40.4 Å². The van der Waals surface area contributed by atoms with Crippen molar-refractivity contribution in [3.05, 3.63) is 57.5 Å². The molecular weight excluding hydrogens is 414 g/mol. The van der Waals surface area contributed by atoms with Gasteiger partial charge in [-0.3, -0.25) is 4.79 Å². The van der Waals surface area contributed by atoms with Gasteiger partial charge in [-0.15, -0.1) is 0 Å². The molecule has 166 valence electrons. The van der Waals surface area contributed by atoms with Crippen LogP contribution in [-0.2, 0) is 18.0 Å². The van der Waals surface area contributed by atoms with E-state index in [9.17, 15) is 19.8 Å². The van der Waals surface area contributed by atoms with Crippen molar-refractivity contribution in [2.24, 2.45) is 0 Å². The molecule has 1 aromatic carbocycles. The van der Waals surface area contributed by atoms with Crippen molar-refractivity contribution < 1.29 is 24.9 Å². The van der Waals surface area contributed by atoms with Gasteiger partial charge in [-0.25, -0.2) is 9.78 Å². The number of carboxylic acid groups (broad SMARTS) is 1. The van der Waals surface area contributed by atoms with E-state index in [0.29, 0.717) is 17.8 Å². The first kappa shape index (κ1) is 20.6. The summed E-state index contributed by atoms with van der Waals surface area (Å²) < 4.78 is 7.88. The maximum atomic E-state index is 12.9. The summed E-state index contributed by atoms with van der Waals surface area (Å²) in [6.45, 7) is 0.454. The molecule has 0 amide bonds. The molecule has 0 radical (unpaired) electrons. The summed E-state index contributed by atoms with van der Waals surface area (Å²) in [5, 5.41) is 31.4. The van der Waals surface area contributed by atoms with Crippen LogP contribution in [0.4, 0.5) is 5.82 Å². The molecule has 0 spiro atoms. The predicted molar refractivity (Wildman–Crippen MR) is 117 cm³/mol. The number of rotatable bonds is 6. The summed E-state index contributed by atoms with van der Waals surface area (Å²) in [6.07, 6.45) is 4.19. The molecule has 9 heteroatoms. The molecular formula is C23H23N3O6. The number of nitrogens with zero attached hydrogens (tertiary/aromatic N) is 2. The van der Waals surface area contributed by atoms with Crippen LogP contribution in [0.2, 0.25) is 0 Å². The van der Waals surface area contributed by atoms with E-state index in [1.807, 2.05) is 16.7 Å². The molecule has 32 heavy (non-hydrogen) atoms. The fourth-order valence-corrected chi connectivity index (χ4v) is 4.22. The van der Waals surface area contributed by atoms with Gasteiger partial charge in [0.05, 0.1) is 31.4 Å². The Balaban J connectivity index is 1.65. The lowest BCUT2D eigenvalue weighted by Crippen LogP contribution is -2.23. The van der Waals surface area contributed by atoms with Crippen LogP contribution in [0.3, 0.4) is 0 Å². The van der Waals surface area contributed by atoms with E-state index in [0.717, 1.165) is 40.6 Å². The second kappa shape index (κ2) is 8.01. The zero-order valence-corrected chi connectivity index (χ0v) is 17.2. The Morgan fingerprint density at radius 1 is 1.28 bits per heavy atom. The molecule has 5 rings (SSSR count). The maximum absolute atomic E-state index is 12.9. The van der Waals surface area contributed by atoms with E-state index in [1.54, 1.807) is 12.3 Å². The largest absolute Gasteiger partial charge is 0.477 e. The number of aliphatic hydroxyl groups is 2. The predicted octanol–water partition coefficient (Wildman–Crippen LogP) is 1.89. The highest BCUT2D eigenvalue weighted by Crippen LogP contribution is 2.41. The van der Waals surface area contributed by atoms with Crippen molar-refractivity contribution in [1.82, 2.24) is 9.55 Å². The number of hydrogen-bond acceptors (Lipinski definition) is 7. The first-order valence-corrected chi connectivity index (χ1v) is 10.5. The third-order valence-electron chi connectivity index (χ3n) is 5.98. The molecule has 4 N–H and O–H groups in total. The summed E-state index contributed by atoms with van der Waals surface area (Å²) in [4.78, 5) is 29.0. The first-order valence-electron chi connectivity index (χ1n) is 10.5. The monoisotopic (exact) mass is 437 g/mol. The summed E-state index contributed by atoms with van der Waals surface area (Å²) in [5.74, 6) is -0.663. The lowest BCUT2D eigenvalue weighted by atomic mass is 9.95. The highest BCUT2D eigenvalue weighted by Gasteiger charge is 2.29. The van der Waals surface area contributed by atoms with Crippen LogP contribution < -0.4 is 10.7 Å². The lowest BCUT2D eigenvalue weighted by Gasteiger charge is -2.17. The second-order valence-corrected chi connectivity index (χ2v) is 8.24. The number of benzene rings is 1. The SMILES string of the molecule is O=C(O)c1cn(C2CC2)c2c3c(ccc2c1=O)-c1cnc(NC[C@H](O)CO)cc1COC3. The average Bonchev–Trinajstić information content (AvgIpc) is 3.64. The molecule has 0 unspecified atom stereocenters. The average molecular weight is 437 g/mol. The fraction of sp³-hybridized carbons (Fsp3) is 0.348. The van der Waals surface area contributed by atoms with Crippen LogP contribution >= 0.6 is 0 Å². The van der Waals surface area contributed by atoms with Crippen molar-refractivity contribution in [3.63, 3.8) is 0 Å². The summed E-state index contributed by atoms with van der Waals surface area (Å²) in [5.41, 5.74) is 3.54. The zero-order valence-electron chi connectivity index (χ0n) is 17.2. The Kier molecular flexibility index (Phi) is 5.16. The van der Waals surface area contributed by atoms with Crippen molar-refractivity contribution in [2.45, 2.75) is 38.2 Å². The highest BCUT2D eigenvalue weighted by atomic mass is 16.5.